The number of carbonyl (C=O) groups excluding carboxylic acids is 2. The average Bonchev–Trinajstić information content (AvgIpc) is 2.97. The number of nitrogens with one attached hydrogen (secondary N) is 1. The van der Waals surface area contributed by atoms with Crippen LogP contribution in [0, 0.1) is 5.92 Å². The zero-order valence-electron chi connectivity index (χ0n) is 22.5. The van der Waals surface area contributed by atoms with Gasteiger partial charge in [-0.05, 0) is 67.4 Å². The van der Waals surface area contributed by atoms with Crippen molar-refractivity contribution in [1.82, 2.24) is 10.2 Å². The maximum Gasteiger partial charge on any atom is 0.255 e. The van der Waals surface area contributed by atoms with Crippen molar-refractivity contribution in [3.8, 4) is 16.9 Å². The summed E-state index contributed by atoms with van der Waals surface area (Å²) in [5, 5.41) is 3.16. The number of rotatable bonds is 5. The minimum absolute atomic E-state index is 0.158. The second kappa shape index (κ2) is 10.8. The van der Waals surface area contributed by atoms with Gasteiger partial charge in [-0.25, -0.2) is 0 Å². The first-order valence-electron chi connectivity index (χ1n) is 14.5. The Labute approximate surface area is 226 Å². The molecule has 1 atom stereocenters. The Hall–Kier alpha value is -3.28. The molecule has 0 bridgehead atoms. The van der Waals surface area contributed by atoms with E-state index in [1.165, 1.54) is 49.8 Å². The van der Waals surface area contributed by atoms with Crippen molar-refractivity contribution >= 4 is 17.4 Å². The van der Waals surface area contributed by atoms with Gasteiger partial charge in [0.05, 0.1) is 30.3 Å². The molecule has 2 aliphatic heterocycles. The number of amides is 1. The highest BCUT2D eigenvalue weighted by Gasteiger charge is 2.35. The van der Waals surface area contributed by atoms with Gasteiger partial charge in [0.15, 0.2) is 11.5 Å². The number of hydrogen-bond donors (Lipinski definition) is 1. The number of nitrogens with zero attached hydrogens (tertiary/aromatic N) is 2. The average molecular weight is 514 g/mol. The van der Waals surface area contributed by atoms with Crippen LogP contribution < -0.4 is 15.0 Å². The van der Waals surface area contributed by atoms with Gasteiger partial charge < -0.3 is 19.9 Å². The van der Waals surface area contributed by atoms with Crippen LogP contribution in [0.1, 0.15) is 68.1 Å². The molecule has 1 amide bonds. The molecule has 6 nitrogen and oxygen atoms in total. The fourth-order valence-electron chi connectivity index (χ4n) is 6.97. The minimum Gasteiger partial charge on any atom is -0.489 e. The first-order valence-corrected chi connectivity index (χ1v) is 14.5. The minimum atomic E-state index is -0.224. The maximum absolute atomic E-state index is 13.8. The van der Waals surface area contributed by atoms with Crippen molar-refractivity contribution in [2.45, 2.75) is 63.8 Å². The van der Waals surface area contributed by atoms with E-state index in [-0.39, 0.29) is 17.6 Å². The number of Topliss-reactive ketones (excluding diaryl/α,β-unsaturated/α-hetero) is 1. The number of allylic oxidation sites excluding steroid dienone is 1. The molecule has 0 radical (unpaired) electrons. The number of benzene rings is 2. The fourth-order valence-corrected chi connectivity index (χ4v) is 6.97. The van der Waals surface area contributed by atoms with Crippen molar-refractivity contribution in [1.29, 1.82) is 0 Å². The number of ketones is 1. The molecule has 6 heteroatoms. The number of carbonyl (C=O) groups is 2. The Morgan fingerprint density at radius 2 is 1.79 bits per heavy atom. The van der Waals surface area contributed by atoms with Crippen molar-refractivity contribution in [3.63, 3.8) is 0 Å². The summed E-state index contributed by atoms with van der Waals surface area (Å²) in [6, 6.07) is 14.9. The largest absolute Gasteiger partial charge is 0.489 e. The zero-order chi connectivity index (χ0) is 26.1. The van der Waals surface area contributed by atoms with E-state index in [2.05, 4.69) is 33.3 Å². The third-order valence-electron chi connectivity index (χ3n) is 8.93. The second-order valence-corrected chi connectivity index (χ2v) is 11.3. The van der Waals surface area contributed by atoms with E-state index in [9.17, 15) is 9.59 Å². The Morgan fingerprint density at radius 3 is 2.61 bits per heavy atom. The highest BCUT2D eigenvalue weighted by Crippen LogP contribution is 2.42. The predicted molar refractivity (Wildman–Crippen MR) is 151 cm³/mol. The predicted octanol–water partition coefficient (Wildman–Crippen LogP) is 5.57. The highest BCUT2D eigenvalue weighted by molar-refractivity contribution is 6.01. The Balaban J connectivity index is 1.32. The molecule has 1 N–H and O–H groups in total. The molecule has 1 fully saturated rings. The molecule has 200 valence electrons. The molecule has 38 heavy (non-hydrogen) atoms. The lowest BCUT2D eigenvalue weighted by Crippen LogP contribution is -2.44. The van der Waals surface area contributed by atoms with Gasteiger partial charge >= 0.3 is 0 Å². The smallest absolute Gasteiger partial charge is 0.255 e. The van der Waals surface area contributed by atoms with Gasteiger partial charge in [0.1, 0.15) is 6.61 Å². The standard InChI is InChI=1S/C32H39N3O3/c1-34-21-30(36)27(25-14-8-9-15-28(25)34)20-33-32(37)26-18-23(22-10-4-2-5-11-22)19-29-31(26)38-17-16-35(29)24-12-6-3-7-13-24/h2,4-5,10-11,18-19,24,27H,3,6-9,12-17,20-21H2,1H3,(H,33,37). The molecule has 1 unspecified atom stereocenters. The van der Waals surface area contributed by atoms with Crippen LogP contribution in [0.25, 0.3) is 11.1 Å². The van der Waals surface area contributed by atoms with E-state index < -0.39 is 0 Å². The summed E-state index contributed by atoms with van der Waals surface area (Å²) < 4.78 is 6.22. The molecular weight excluding hydrogens is 474 g/mol. The lowest BCUT2D eigenvalue weighted by Gasteiger charge is -2.40. The summed E-state index contributed by atoms with van der Waals surface area (Å²) in [6.07, 6.45) is 10.5. The van der Waals surface area contributed by atoms with Gasteiger partial charge in [0.25, 0.3) is 5.91 Å². The van der Waals surface area contributed by atoms with Gasteiger partial charge in [0, 0.05) is 25.3 Å². The number of hydrogen-bond acceptors (Lipinski definition) is 5. The summed E-state index contributed by atoms with van der Waals surface area (Å²) in [5.41, 5.74) is 6.25. The fraction of sp³-hybridized carbons (Fsp3) is 0.500. The number of fused-ring (bicyclic) bond motifs is 1. The van der Waals surface area contributed by atoms with Crippen LogP contribution in [-0.2, 0) is 4.79 Å². The monoisotopic (exact) mass is 513 g/mol. The molecule has 4 aliphatic rings. The van der Waals surface area contributed by atoms with Gasteiger partial charge in [-0.3, -0.25) is 9.59 Å². The van der Waals surface area contributed by atoms with Crippen LogP contribution in [0.4, 0.5) is 5.69 Å². The van der Waals surface area contributed by atoms with Crippen LogP contribution in [0.3, 0.4) is 0 Å². The van der Waals surface area contributed by atoms with Crippen LogP contribution in [0.5, 0.6) is 5.75 Å². The van der Waals surface area contributed by atoms with Crippen molar-refractivity contribution in [3.05, 3.63) is 59.3 Å². The van der Waals surface area contributed by atoms with E-state index in [1.54, 1.807) is 0 Å². The van der Waals surface area contributed by atoms with Crippen LogP contribution in [0.2, 0.25) is 0 Å². The molecular formula is C32H39N3O3. The first-order chi connectivity index (χ1) is 18.6. The summed E-state index contributed by atoms with van der Waals surface area (Å²) in [7, 11) is 2.02. The van der Waals surface area contributed by atoms with Crippen molar-refractivity contribution < 1.29 is 14.3 Å². The quantitative estimate of drug-likeness (QED) is 0.566. The Kier molecular flexibility index (Phi) is 7.14. The number of ether oxygens (including phenoxy) is 1. The summed E-state index contributed by atoms with van der Waals surface area (Å²) in [5.74, 6) is 0.506. The third-order valence-corrected chi connectivity index (χ3v) is 8.93. The lowest BCUT2D eigenvalue weighted by atomic mass is 9.81. The van der Waals surface area contributed by atoms with Crippen LogP contribution >= 0.6 is 0 Å². The Bertz CT molecular complexity index is 1230. The van der Waals surface area contributed by atoms with Crippen molar-refractivity contribution in [2.24, 2.45) is 5.92 Å². The molecule has 6 rings (SSSR count). The molecule has 0 spiro atoms. The second-order valence-electron chi connectivity index (χ2n) is 11.3. The molecule has 2 aliphatic carbocycles. The van der Waals surface area contributed by atoms with E-state index in [0.717, 1.165) is 42.6 Å². The molecule has 2 aromatic rings. The van der Waals surface area contributed by atoms with Gasteiger partial charge in [-0.1, -0.05) is 49.6 Å². The molecule has 0 saturated heterocycles. The van der Waals surface area contributed by atoms with Gasteiger partial charge in [0.2, 0.25) is 0 Å². The van der Waals surface area contributed by atoms with E-state index in [4.69, 9.17) is 4.74 Å². The van der Waals surface area contributed by atoms with Crippen molar-refractivity contribution in [2.75, 3.05) is 38.2 Å². The van der Waals surface area contributed by atoms with Crippen LogP contribution in [-0.4, -0.2) is 55.9 Å². The Morgan fingerprint density at radius 1 is 1.00 bits per heavy atom. The molecule has 2 heterocycles. The lowest BCUT2D eigenvalue weighted by molar-refractivity contribution is -0.123. The number of likely N-dealkylation sites (N-methyl/N-ethyl adjacent to an activating group) is 1. The molecule has 0 aromatic heterocycles. The summed E-state index contributed by atoms with van der Waals surface area (Å²) in [6.45, 7) is 2.20. The summed E-state index contributed by atoms with van der Waals surface area (Å²) in [4.78, 5) is 31.4. The van der Waals surface area contributed by atoms with E-state index in [0.29, 0.717) is 37.1 Å². The van der Waals surface area contributed by atoms with E-state index in [1.807, 2.05) is 31.3 Å². The molecule has 2 aromatic carbocycles. The normalized spacial score (nSPS) is 22.0. The molecule has 1 saturated carbocycles. The maximum atomic E-state index is 13.8. The summed E-state index contributed by atoms with van der Waals surface area (Å²) >= 11 is 0. The van der Waals surface area contributed by atoms with Crippen LogP contribution in [0.15, 0.2) is 53.7 Å². The highest BCUT2D eigenvalue weighted by atomic mass is 16.5. The number of anilines is 1. The van der Waals surface area contributed by atoms with Gasteiger partial charge in [-0.2, -0.15) is 0 Å². The van der Waals surface area contributed by atoms with Gasteiger partial charge in [-0.15, -0.1) is 0 Å². The van der Waals surface area contributed by atoms with E-state index >= 15 is 0 Å². The first kappa shape index (κ1) is 25.0. The SMILES string of the molecule is CN1CC(=O)C(CNC(=O)c2cc(-c3ccccc3)cc3c2OCCN3C2CCCCC2)C2=C1CCCC2. The zero-order valence-corrected chi connectivity index (χ0v) is 22.5. The third kappa shape index (κ3) is 4.81. The topological polar surface area (TPSA) is 61.9 Å².